The number of nitrogens with zero attached hydrogens (tertiary/aromatic N) is 1. The molecule has 1 aromatic rings. The minimum absolute atomic E-state index is 0.0363. The predicted octanol–water partition coefficient (Wildman–Crippen LogP) is 2.36. The van der Waals surface area contributed by atoms with Crippen LogP contribution in [0.3, 0.4) is 0 Å². The lowest BCUT2D eigenvalue weighted by atomic mass is 9.53. The Labute approximate surface area is 137 Å². The summed E-state index contributed by atoms with van der Waals surface area (Å²) in [5.41, 5.74) is 3.99. The van der Waals surface area contributed by atoms with Crippen LogP contribution in [0.1, 0.15) is 23.1 Å². The molecule has 0 radical (unpaired) electrons. The van der Waals surface area contributed by atoms with E-state index >= 15 is 0 Å². The zero-order valence-corrected chi connectivity index (χ0v) is 13.5. The summed E-state index contributed by atoms with van der Waals surface area (Å²) in [5, 5.41) is 10.6. The van der Waals surface area contributed by atoms with Crippen LogP contribution in [0.15, 0.2) is 36.9 Å². The first kappa shape index (κ1) is 13.8. The summed E-state index contributed by atoms with van der Waals surface area (Å²) < 4.78 is 6.38. The van der Waals surface area contributed by atoms with E-state index in [4.69, 9.17) is 4.74 Å². The molecule has 23 heavy (non-hydrogen) atoms. The number of piperidine rings is 1. The molecule has 1 aromatic carbocycles. The van der Waals surface area contributed by atoms with Crippen molar-refractivity contribution >= 4 is 0 Å². The lowest BCUT2D eigenvalue weighted by Gasteiger charge is -2.57. The van der Waals surface area contributed by atoms with Gasteiger partial charge in [0.25, 0.3) is 0 Å². The van der Waals surface area contributed by atoms with Gasteiger partial charge in [-0.25, -0.2) is 0 Å². The van der Waals surface area contributed by atoms with Crippen LogP contribution in [-0.4, -0.2) is 41.3 Å². The second kappa shape index (κ2) is 4.49. The Hall–Kier alpha value is -1.58. The van der Waals surface area contributed by atoms with Crippen LogP contribution in [0.2, 0.25) is 0 Å². The van der Waals surface area contributed by atoms with Crippen LogP contribution < -0.4 is 4.74 Å². The van der Waals surface area contributed by atoms with E-state index in [0.717, 1.165) is 31.7 Å². The van der Waals surface area contributed by atoms with Crippen LogP contribution in [0.4, 0.5) is 0 Å². The minimum atomic E-state index is -0.504. The fourth-order valence-electron chi connectivity index (χ4n) is 5.67. The maximum absolute atomic E-state index is 10.6. The molecule has 0 aromatic heterocycles. The normalized spacial score (nSPS) is 39.7. The van der Waals surface area contributed by atoms with Gasteiger partial charge in [-0.05, 0) is 37.4 Å². The maximum Gasteiger partial charge on any atom is 0.138 e. The fraction of sp³-hybridized carbons (Fsp3) is 0.500. The SMILES string of the molecule is C=CCN1CC[C@]23c4c5ccc(C)c4OC2[C@@H](O)C=C[C@H]3[C@H]1C5. The quantitative estimate of drug-likeness (QED) is 0.851. The van der Waals surface area contributed by atoms with Crippen LogP contribution in [0.25, 0.3) is 0 Å². The molecule has 0 amide bonds. The van der Waals surface area contributed by atoms with E-state index in [2.05, 4.69) is 36.6 Å². The molecule has 4 aliphatic rings. The highest BCUT2D eigenvalue weighted by molar-refractivity contribution is 5.59. The average Bonchev–Trinajstić information content (AvgIpc) is 2.89. The molecule has 3 nitrogen and oxygen atoms in total. The first-order chi connectivity index (χ1) is 11.2. The highest BCUT2D eigenvalue weighted by atomic mass is 16.5. The molecule has 1 fully saturated rings. The molecule has 2 aliphatic carbocycles. The number of hydrogen-bond donors (Lipinski definition) is 1. The Morgan fingerprint density at radius 2 is 2.30 bits per heavy atom. The molecule has 1 unspecified atom stereocenters. The summed E-state index contributed by atoms with van der Waals surface area (Å²) in [6, 6.07) is 4.95. The highest BCUT2D eigenvalue weighted by Gasteiger charge is 2.64. The zero-order valence-electron chi connectivity index (χ0n) is 13.5. The van der Waals surface area contributed by atoms with Crippen molar-refractivity contribution in [3.8, 4) is 5.75 Å². The van der Waals surface area contributed by atoms with Crippen molar-refractivity contribution < 1.29 is 9.84 Å². The van der Waals surface area contributed by atoms with Gasteiger partial charge in [-0.2, -0.15) is 0 Å². The average molecular weight is 309 g/mol. The summed E-state index contributed by atoms with van der Waals surface area (Å²) in [7, 11) is 0. The van der Waals surface area contributed by atoms with Crippen molar-refractivity contribution in [2.24, 2.45) is 5.92 Å². The second-order valence-electron chi connectivity index (χ2n) is 7.53. The molecule has 2 heterocycles. The maximum atomic E-state index is 10.6. The van der Waals surface area contributed by atoms with Gasteiger partial charge < -0.3 is 9.84 Å². The fourth-order valence-corrected chi connectivity index (χ4v) is 5.67. The van der Waals surface area contributed by atoms with E-state index in [0.29, 0.717) is 12.0 Å². The Morgan fingerprint density at radius 1 is 1.43 bits per heavy atom. The topological polar surface area (TPSA) is 32.7 Å². The Balaban J connectivity index is 1.76. The molecule has 1 N–H and O–H groups in total. The molecule has 5 atom stereocenters. The molecular formula is C20H23NO2. The zero-order chi connectivity index (χ0) is 15.8. The third-order valence-electron chi connectivity index (χ3n) is 6.57. The van der Waals surface area contributed by atoms with Gasteiger partial charge in [-0.1, -0.05) is 30.4 Å². The van der Waals surface area contributed by atoms with Crippen LogP contribution in [0.5, 0.6) is 5.75 Å². The van der Waals surface area contributed by atoms with E-state index in [1.165, 1.54) is 16.7 Å². The van der Waals surface area contributed by atoms with E-state index in [1.54, 1.807) is 0 Å². The molecule has 2 bridgehead atoms. The van der Waals surface area contributed by atoms with E-state index < -0.39 is 6.10 Å². The van der Waals surface area contributed by atoms with Crippen molar-refractivity contribution in [2.45, 2.75) is 43.4 Å². The molecule has 1 saturated heterocycles. The van der Waals surface area contributed by atoms with Crippen molar-refractivity contribution in [3.63, 3.8) is 0 Å². The number of aliphatic hydroxyl groups excluding tert-OH is 1. The van der Waals surface area contributed by atoms with Gasteiger partial charge in [0, 0.05) is 29.5 Å². The van der Waals surface area contributed by atoms with Crippen LogP contribution in [-0.2, 0) is 11.8 Å². The number of aliphatic hydroxyl groups is 1. The van der Waals surface area contributed by atoms with Crippen molar-refractivity contribution in [1.82, 2.24) is 4.90 Å². The monoisotopic (exact) mass is 309 g/mol. The molecule has 5 rings (SSSR count). The van der Waals surface area contributed by atoms with Crippen LogP contribution >= 0.6 is 0 Å². The molecule has 120 valence electrons. The first-order valence-electron chi connectivity index (χ1n) is 8.68. The summed E-state index contributed by atoms with van der Waals surface area (Å²) in [4.78, 5) is 2.56. The Kier molecular flexibility index (Phi) is 2.70. The molecular weight excluding hydrogens is 286 g/mol. The lowest BCUT2D eigenvalue weighted by Crippen LogP contribution is -2.65. The Bertz CT molecular complexity index is 725. The van der Waals surface area contributed by atoms with E-state index in [9.17, 15) is 5.11 Å². The molecule has 1 spiro atoms. The second-order valence-corrected chi connectivity index (χ2v) is 7.53. The van der Waals surface area contributed by atoms with E-state index in [-0.39, 0.29) is 11.5 Å². The lowest BCUT2D eigenvalue weighted by molar-refractivity contribution is -0.0486. The standard InChI is InChI=1S/C20H23NO2/c1-3-9-21-10-8-20-14-6-7-16(22)19(20)23-18-12(2)4-5-13(17(18)20)11-15(14)21/h3-7,14-16,19,22H,1,8-11H2,2H3/t14-,15+,16-,19?,20-/m0/s1. The molecule has 3 heteroatoms. The third-order valence-corrected chi connectivity index (χ3v) is 6.57. The minimum Gasteiger partial charge on any atom is -0.486 e. The van der Waals surface area contributed by atoms with Crippen molar-refractivity contribution in [1.29, 1.82) is 0 Å². The largest absolute Gasteiger partial charge is 0.486 e. The summed E-state index contributed by atoms with van der Waals surface area (Å²) in [5.74, 6) is 1.48. The van der Waals surface area contributed by atoms with Gasteiger partial charge in [0.1, 0.15) is 18.0 Å². The number of likely N-dealkylation sites (tertiary alicyclic amines) is 1. The summed E-state index contributed by atoms with van der Waals surface area (Å²) >= 11 is 0. The summed E-state index contributed by atoms with van der Waals surface area (Å²) in [6.07, 6.45) is 7.74. The Morgan fingerprint density at radius 3 is 3.13 bits per heavy atom. The van der Waals surface area contributed by atoms with Crippen molar-refractivity contribution in [2.75, 3.05) is 13.1 Å². The highest BCUT2D eigenvalue weighted by Crippen LogP contribution is 2.61. The van der Waals surface area contributed by atoms with Gasteiger partial charge in [0.15, 0.2) is 0 Å². The number of ether oxygens (including phenoxy) is 1. The number of hydrogen-bond acceptors (Lipinski definition) is 3. The molecule has 2 aliphatic heterocycles. The smallest absolute Gasteiger partial charge is 0.138 e. The van der Waals surface area contributed by atoms with Gasteiger partial charge >= 0.3 is 0 Å². The van der Waals surface area contributed by atoms with Gasteiger partial charge in [0.2, 0.25) is 0 Å². The number of rotatable bonds is 2. The van der Waals surface area contributed by atoms with Crippen molar-refractivity contribution in [3.05, 3.63) is 53.6 Å². The van der Waals surface area contributed by atoms with Crippen LogP contribution in [0, 0.1) is 12.8 Å². The third kappa shape index (κ3) is 1.52. The number of benzene rings is 1. The van der Waals surface area contributed by atoms with E-state index in [1.807, 2.05) is 12.2 Å². The van der Waals surface area contributed by atoms with Gasteiger partial charge in [0.05, 0.1) is 0 Å². The predicted molar refractivity (Wildman–Crippen MR) is 89.8 cm³/mol. The molecule has 0 saturated carbocycles. The van der Waals surface area contributed by atoms with Gasteiger partial charge in [-0.3, -0.25) is 4.90 Å². The first-order valence-corrected chi connectivity index (χ1v) is 8.68. The number of aryl methyl sites for hydroxylation is 1. The summed E-state index contributed by atoms with van der Waals surface area (Å²) in [6.45, 7) is 8.05. The van der Waals surface area contributed by atoms with Gasteiger partial charge in [-0.15, -0.1) is 6.58 Å².